The Balaban J connectivity index is 0.937. The zero-order valence-electron chi connectivity index (χ0n) is 44.4. The van der Waals surface area contributed by atoms with E-state index >= 15 is 4.79 Å². The van der Waals surface area contributed by atoms with Gasteiger partial charge in [-0.1, -0.05) is 53.2 Å². The lowest BCUT2D eigenvalue weighted by Gasteiger charge is -2.72. The van der Waals surface area contributed by atoms with Crippen LogP contribution in [0.3, 0.4) is 0 Å². The Kier molecular flexibility index (Phi) is 16.1. The van der Waals surface area contributed by atoms with E-state index in [9.17, 15) is 66.4 Å². The number of rotatable bonds is 10. The van der Waals surface area contributed by atoms with Gasteiger partial charge in [-0.05, 0) is 111 Å². The van der Waals surface area contributed by atoms with Gasteiger partial charge in [-0.25, -0.2) is 0 Å². The summed E-state index contributed by atoms with van der Waals surface area (Å²) in [5.74, 6) is -1.35. The molecule has 22 heteroatoms. The van der Waals surface area contributed by atoms with Crippen LogP contribution in [0, 0.1) is 50.7 Å². The molecule has 29 atom stereocenters. The molecule has 22 nitrogen and oxygen atoms in total. The van der Waals surface area contributed by atoms with E-state index in [2.05, 4.69) is 40.7 Å². The van der Waals surface area contributed by atoms with Gasteiger partial charge >= 0.3 is 5.97 Å². The Bertz CT molecular complexity index is 2080. The number of esters is 1. The molecule has 9 rings (SSSR count). The van der Waals surface area contributed by atoms with Crippen molar-refractivity contribution in [3.05, 3.63) is 11.6 Å². The molecule has 0 unspecified atom stereocenters. The fourth-order valence-corrected chi connectivity index (χ4v) is 16.3. The van der Waals surface area contributed by atoms with Crippen LogP contribution < -0.4 is 0 Å². The summed E-state index contributed by atoms with van der Waals surface area (Å²) < 4.78 is 47.7. The largest absolute Gasteiger partial charge is 0.432 e. The molecule has 0 bridgehead atoms. The van der Waals surface area contributed by atoms with Crippen LogP contribution >= 0.6 is 0 Å². The van der Waals surface area contributed by atoms with Crippen LogP contribution in [-0.4, -0.2) is 221 Å². The second-order valence-corrected chi connectivity index (χ2v) is 25.5. The van der Waals surface area contributed by atoms with Gasteiger partial charge in [-0.2, -0.15) is 0 Å². The van der Waals surface area contributed by atoms with Crippen LogP contribution in [0.2, 0.25) is 0 Å². The number of hydrogen-bond acceptors (Lipinski definition) is 22. The Hall–Kier alpha value is -1.59. The maximum absolute atomic E-state index is 15.1. The first kappa shape index (κ1) is 58.1. The monoisotopic (exact) mass is 1070 g/mol. The van der Waals surface area contributed by atoms with Gasteiger partial charge < -0.3 is 104 Å². The summed E-state index contributed by atoms with van der Waals surface area (Å²) in [7, 11) is 0. The third-order valence-corrected chi connectivity index (χ3v) is 21.4. The van der Waals surface area contributed by atoms with Gasteiger partial charge in [-0.3, -0.25) is 4.79 Å². The molecule has 13 N–H and O–H groups in total. The topological polar surface area (TPSA) is 354 Å². The van der Waals surface area contributed by atoms with Crippen molar-refractivity contribution in [2.75, 3.05) is 19.8 Å². The normalized spacial score (nSPS) is 55.8. The molecule has 0 aromatic heterocycles. The highest BCUT2D eigenvalue weighted by atomic mass is 16.8. The van der Waals surface area contributed by atoms with Crippen LogP contribution in [0.15, 0.2) is 11.6 Å². The van der Waals surface area contributed by atoms with Crippen molar-refractivity contribution in [1.82, 2.24) is 0 Å². The molecule has 9 aliphatic rings. The van der Waals surface area contributed by atoms with E-state index in [1.54, 1.807) is 6.92 Å². The van der Waals surface area contributed by atoms with E-state index in [4.69, 9.17) is 37.9 Å². The molecule has 0 aromatic rings. The standard InChI is InChI=1S/C53H86O22/c1-22-11-16-53(47(66)75-45-40(65)37(62)34(59)27(72-45)21-69-43-38(63)36(61)33(58)26(19-54)71-43)18-17-50(6)24(42(53)52(22,8)67)9-10-29-49(5)14-13-30(48(3,4)28(49)12-15-51(29,50)7)73-46-41(32(57)25(55)20-68-46)74-44-39(64)35(60)31(56)23(2)70-44/h9,22-23,25-46,54-65,67H,10-21H2,1-8H3/t22-,23+,25-,26-,27-,28+,29-,30-,31+,32+,33-,34-,35-,36-,37+,38-,39-,40-,41-,42-,43-,44+,45+,46+,49+,50-,51-,52-,53+/m1/s1. The Morgan fingerprint density at radius 3 is 1.95 bits per heavy atom. The molecule has 0 amide bonds. The molecule has 8 fully saturated rings. The molecule has 0 aromatic carbocycles. The Morgan fingerprint density at radius 2 is 1.27 bits per heavy atom. The van der Waals surface area contributed by atoms with E-state index < -0.39 is 170 Å². The number of hydrogen-bond donors (Lipinski definition) is 13. The Morgan fingerprint density at radius 1 is 0.640 bits per heavy atom. The molecule has 75 heavy (non-hydrogen) atoms. The average molecular weight is 1080 g/mol. The molecule has 430 valence electrons. The SMILES string of the molecule is C[C@@H]1O[C@@H](O[C@H]2[C@H](O[C@@H]3CC[C@]4(C)[C@H]5CC=C6[C@H]7[C@](C(=O)O[C@@H]8O[C@H](CO[C@@H]9O[C@H](CO)[C@@H](O)[C@@H](O)[C@H]9O)[C@@H](O)[C@H](O)[C@H]8O)(CC[C@@H](C)[C@@]7(C)O)CC[C@@]6(C)[C@]5(C)CC[C@H]4C3(C)C)OC[C@@H](O)[C@@H]2O)[C@H](O)[C@H](O)[C@H]1O. The summed E-state index contributed by atoms with van der Waals surface area (Å²) >= 11 is 0. The van der Waals surface area contributed by atoms with Gasteiger partial charge in [0.1, 0.15) is 85.5 Å². The van der Waals surface area contributed by atoms with Crippen molar-refractivity contribution >= 4 is 5.97 Å². The van der Waals surface area contributed by atoms with Crippen LogP contribution in [0.4, 0.5) is 0 Å². The minimum absolute atomic E-state index is 0.137. The highest BCUT2D eigenvalue weighted by Crippen LogP contribution is 2.76. The van der Waals surface area contributed by atoms with E-state index in [1.165, 1.54) is 6.92 Å². The van der Waals surface area contributed by atoms with Crippen LogP contribution in [-0.2, 0) is 42.7 Å². The number of aliphatic hydroxyl groups excluding tert-OH is 12. The fraction of sp³-hybridized carbons (Fsp3) is 0.943. The summed E-state index contributed by atoms with van der Waals surface area (Å²) in [4.78, 5) is 15.1. The zero-order chi connectivity index (χ0) is 54.9. The highest BCUT2D eigenvalue weighted by molar-refractivity contribution is 5.79. The number of allylic oxidation sites excluding steroid dienone is 1. The maximum Gasteiger partial charge on any atom is 0.315 e. The summed E-state index contributed by atoms with van der Waals surface area (Å²) in [5, 5.41) is 140. The average Bonchev–Trinajstić information content (AvgIpc) is 3.36. The number of aliphatic hydroxyl groups is 13. The van der Waals surface area contributed by atoms with Crippen molar-refractivity contribution < 1.29 is 109 Å². The van der Waals surface area contributed by atoms with Gasteiger partial charge in [0.2, 0.25) is 6.29 Å². The summed E-state index contributed by atoms with van der Waals surface area (Å²) in [6.45, 7) is 15.1. The van der Waals surface area contributed by atoms with Gasteiger partial charge in [0.15, 0.2) is 18.9 Å². The predicted molar refractivity (Wildman–Crippen MR) is 257 cm³/mol. The van der Waals surface area contributed by atoms with E-state index in [-0.39, 0.29) is 35.2 Å². The molecule has 4 saturated heterocycles. The molecule has 0 spiro atoms. The van der Waals surface area contributed by atoms with Crippen molar-refractivity contribution in [2.45, 2.75) is 242 Å². The van der Waals surface area contributed by atoms with Crippen molar-refractivity contribution in [1.29, 1.82) is 0 Å². The second-order valence-electron chi connectivity index (χ2n) is 25.5. The van der Waals surface area contributed by atoms with Crippen LogP contribution in [0.5, 0.6) is 0 Å². The third-order valence-electron chi connectivity index (χ3n) is 21.4. The summed E-state index contributed by atoms with van der Waals surface area (Å²) in [6.07, 6.45) is -21.8. The summed E-state index contributed by atoms with van der Waals surface area (Å²) in [6, 6.07) is 0. The number of carbonyl (C=O) groups is 1. The first-order valence-corrected chi connectivity index (χ1v) is 27.3. The van der Waals surface area contributed by atoms with Gasteiger partial charge in [-0.15, -0.1) is 0 Å². The molecule has 4 saturated carbocycles. The lowest BCUT2D eigenvalue weighted by molar-refractivity contribution is -0.364. The molecule has 4 aliphatic heterocycles. The molecular formula is C53H86O22. The van der Waals surface area contributed by atoms with Crippen molar-refractivity contribution in [2.24, 2.45) is 50.7 Å². The van der Waals surface area contributed by atoms with Crippen LogP contribution in [0.25, 0.3) is 0 Å². The molecule has 4 heterocycles. The fourth-order valence-electron chi connectivity index (χ4n) is 16.3. The van der Waals surface area contributed by atoms with Crippen LogP contribution in [0.1, 0.15) is 113 Å². The van der Waals surface area contributed by atoms with Gasteiger partial charge in [0.05, 0.1) is 43.0 Å². The molecule has 0 radical (unpaired) electrons. The van der Waals surface area contributed by atoms with Gasteiger partial charge in [0.25, 0.3) is 0 Å². The molecule has 5 aliphatic carbocycles. The predicted octanol–water partition coefficient (Wildman–Crippen LogP) is -1.40. The van der Waals surface area contributed by atoms with E-state index in [1.807, 2.05) is 6.92 Å². The van der Waals surface area contributed by atoms with Crippen molar-refractivity contribution in [3.63, 3.8) is 0 Å². The first-order chi connectivity index (χ1) is 35.0. The number of ether oxygens (including phenoxy) is 8. The second kappa shape index (κ2) is 20.7. The quantitative estimate of drug-likeness (QED) is 0.0680. The minimum Gasteiger partial charge on any atom is -0.432 e. The highest BCUT2D eigenvalue weighted by Gasteiger charge is 2.72. The lowest BCUT2D eigenvalue weighted by atomic mass is 9.33. The maximum atomic E-state index is 15.1. The smallest absolute Gasteiger partial charge is 0.315 e. The van der Waals surface area contributed by atoms with E-state index in [0.29, 0.717) is 38.5 Å². The zero-order valence-corrected chi connectivity index (χ0v) is 44.4. The Labute approximate surface area is 437 Å². The summed E-state index contributed by atoms with van der Waals surface area (Å²) in [5.41, 5.74) is -3.14. The number of carbonyl (C=O) groups excluding carboxylic acids is 1. The molecular weight excluding hydrogens is 989 g/mol. The third kappa shape index (κ3) is 9.21. The van der Waals surface area contributed by atoms with E-state index in [0.717, 1.165) is 24.8 Å². The first-order valence-electron chi connectivity index (χ1n) is 27.3. The van der Waals surface area contributed by atoms with Gasteiger partial charge in [0, 0.05) is 5.92 Å². The lowest BCUT2D eigenvalue weighted by Crippen LogP contribution is -2.68. The minimum atomic E-state index is -1.89. The number of fused-ring (bicyclic) bond motifs is 7. The van der Waals surface area contributed by atoms with Crippen molar-refractivity contribution in [3.8, 4) is 0 Å².